The van der Waals surface area contributed by atoms with Crippen LogP contribution in [0.1, 0.15) is 60.3 Å². The highest BCUT2D eigenvalue weighted by atomic mass is 15.0. The highest BCUT2D eigenvalue weighted by molar-refractivity contribution is 4.87. The van der Waals surface area contributed by atoms with Gasteiger partial charge in [-0.3, -0.25) is 0 Å². The molecule has 14 heavy (non-hydrogen) atoms. The Morgan fingerprint density at radius 2 is 1.93 bits per heavy atom. The van der Waals surface area contributed by atoms with E-state index in [-0.39, 0.29) is 0 Å². The summed E-state index contributed by atoms with van der Waals surface area (Å²) in [4.78, 5) is 0. The maximum Gasteiger partial charge on any atom is 0.0116 e. The number of hydrogen-bond acceptors (Lipinski definition) is 1. The van der Waals surface area contributed by atoms with Gasteiger partial charge in [0.1, 0.15) is 0 Å². The van der Waals surface area contributed by atoms with Crippen molar-refractivity contribution in [2.45, 2.75) is 72.4 Å². The molecule has 1 saturated carbocycles. The molecule has 0 saturated heterocycles. The minimum Gasteiger partial charge on any atom is -0.310 e. The Hall–Kier alpha value is -0.0400. The fourth-order valence-corrected chi connectivity index (χ4v) is 2.63. The molecule has 1 aliphatic rings. The molecule has 1 heteroatoms. The minimum absolute atomic E-state index is 0.400. The highest BCUT2D eigenvalue weighted by Crippen LogP contribution is 2.29. The first-order valence-corrected chi connectivity index (χ1v) is 6.21. The van der Waals surface area contributed by atoms with E-state index in [0.717, 1.165) is 12.0 Å². The summed E-state index contributed by atoms with van der Waals surface area (Å²) in [5.74, 6) is 0.881. The number of hydrogen-bond donors (Lipinski definition) is 1. The highest BCUT2D eigenvalue weighted by Gasteiger charge is 2.29. The second-order valence-corrected chi connectivity index (χ2v) is 6.01. The van der Waals surface area contributed by atoms with Crippen molar-refractivity contribution >= 4 is 0 Å². The van der Waals surface area contributed by atoms with Crippen molar-refractivity contribution in [3.05, 3.63) is 0 Å². The molecule has 3 unspecified atom stereocenters. The van der Waals surface area contributed by atoms with Gasteiger partial charge in [0.05, 0.1) is 0 Å². The van der Waals surface area contributed by atoms with Crippen LogP contribution < -0.4 is 5.32 Å². The van der Waals surface area contributed by atoms with Crippen LogP contribution in [0.2, 0.25) is 0 Å². The summed E-state index contributed by atoms with van der Waals surface area (Å²) >= 11 is 0. The molecule has 1 aliphatic carbocycles. The largest absolute Gasteiger partial charge is 0.310 e. The van der Waals surface area contributed by atoms with E-state index in [2.05, 4.69) is 39.9 Å². The van der Waals surface area contributed by atoms with Gasteiger partial charge in [0.15, 0.2) is 0 Å². The van der Waals surface area contributed by atoms with Crippen LogP contribution >= 0.6 is 0 Å². The van der Waals surface area contributed by atoms with Gasteiger partial charge in [0, 0.05) is 12.1 Å². The van der Waals surface area contributed by atoms with Crippen LogP contribution in [-0.2, 0) is 0 Å². The van der Waals surface area contributed by atoms with Crippen molar-refractivity contribution in [1.82, 2.24) is 5.32 Å². The second-order valence-electron chi connectivity index (χ2n) is 6.01. The molecule has 0 amide bonds. The predicted octanol–water partition coefficient (Wildman–Crippen LogP) is 3.59. The Labute approximate surface area is 89.7 Å². The average molecular weight is 197 g/mol. The number of nitrogens with one attached hydrogen (secondary N) is 1. The van der Waals surface area contributed by atoms with E-state index < -0.39 is 0 Å². The van der Waals surface area contributed by atoms with Gasteiger partial charge < -0.3 is 5.32 Å². The SMILES string of the molecule is CCC(NC1CCCC1C)C(C)(C)C. The van der Waals surface area contributed by atoms with Crippen LogP contribution in [0.25, 0.3) is 0 Å². The van der Waals surface area contributed by atoms with E-state index in [4.69, 9.17) is 0 Å². The summed E-state index contributed by atoms with van der Waals surface area (Å²) < 4.78 is 0. The average Bonchev–Trinajstić information content (AvgIpc) is 2.45. The predicted molar refractivity (Wildman–Crippen MR) is 63.5 cm³/mol. The van der Waals surface area contributed by atoms with Crippen molar-refractivity contribution in [3.63, 3.8) is 0 Å². The van der Waals surface area contributed by atoms with E-state index >= 15 is 0 Å². The fraction of sp³-hybridized carbons (Fsp3) is 1.00. The normalized spacial score (nSPS) is 30.6. The van der Waals surface area contributed by atoms with Crippen molar-refractivity contribution in [2.75, 3.05) is 0 Å². The van der Waals surface area contributed by atoms with Crippen molar-refractivity contribution in [1.29, 1.82) is 0 Å². The van der Waals surface area contributed by atoms with Gasteiger partial charge in [-0.25, -0.2) is 0 Å². The lowest BCUT2D eigenvalue weighted by Crippen LogP contribution is -2.46. The molecule has 1 N–H and O–H groups in total. The fourth-order valence-electron chi connectivity index (χ4n) is 2.63. The molecule has 1 fully saturated rings. The monoisotopic (exact) mass is 197 g/mol. The van der Waals surface area contributed by atoms with Crippen LogP contribution in [0, 0.1) is 11.3 Å². The zero-order valence-electron chi connectivity index (χ0n) is 10.6. The van der Waals surface area contributed by atoms with Gasteiger partial charge in [-0.1, -0.05) is 41.0 Å². The Bertz CT molecular complexity index is 169. The summed E-state index contributed by atoms with van der Waals surface area (Å²) in [5, 5.41) is 3.86. The molecule has 0 aliphatic heterocycles. The van der Waals surface area contributed by atoms with Crippen LogP contribution in [0.15, 0.2) is 0 Å². The van der Waals surface area contributed by atoms with Crippen molar-refractivity contribution in [3.8, 4) is 0 Å². The van der Waals surface area contributed by atoms with Gasteiger partial charge in [0.25, 0.3) is 0 Å². The Kier molecular flexibility index (Phi) is 4.00. The molecule has 1 nitrogen and oxygen atoms in total. The molecule has 3 atom stereocenters. The molecule has 0 aromatic rings. The quantitative estimate of drug-likeness (QED) is 0.729. The van der Waals surface area contributed by atoms with Crippen LogP contribution in [0.3, 0.4) is 0 Å². The first-order chi connectivity index (χ1) is 6.45. The first kappa shape index (κ1) is 12.0. The van der Waals surface area contributed by atoms with Crippen molar-refractivity contribution in [2.24, 2.45) is 11.3 Å². The number of rotatable bonds is 3. The molecule has 0 heterocycles. The molecule has 0 aromatic heterocycles. The lowest BCUT2D eigenvalue weighted by Gasteiger charge is -2.34. The van der Waals surface area contributed by atoms with E-state index in [9.17, 15) is 0 Å². The first-order valence-electron chi connectivity index (χ1n) is 6.21. The summed E-state index contributed by atoms with van der Waals surface area (Å²) in [7, 11) is 0. The topological polar surface area (TPSA) is 12.0 Å². The lowest BCUT2D eigenvalue weighted by molar-refractivity contribution is 0.225. The van der Waals surface area contributed by atoms with E-state index in [0.29, 0.717) is 11.5 Å². The molecular weight excluding hydrogens is 170 g/mol. The summed E-state index contributed by atoms with van der Waals surface area (Å²) in [6.45, 7) is 11.7. The van der Waals surface area contributed by atoms with E-state index in [1.807, 2.05) is 0 Å². The molecular formula is C13H27N. The minimum atomic E-state index is 0.400. The van der Waals surface area contributed by atoms with Gasteiger partial charge in [-0.15, -0.1) is 0 Å². The molecule has 0 spiro atoms. The summed E-state index contributed by atoms with van der Waals surface area (Å²) in [5.41, 5.74) is 0.400. The maximum absolute atomic E-state index is 3.86. The zero-order valence-corrected chi connectivity index (χ0v) is 10.6. The standard InChI is InChI=1S/C13H27N/c1-6-12(13(3,4)5)14-11-9-7-8-10(11)2/h10-12,14H,6-9H2,1-5H3. The van der Waals surface area contributed by atoms with Gasteiger partial charge in [-0.2, -0.15) is 0 Å². The van der Waals surface area contributed by atoms with Crippen molar-refractivity contribution < 1.29 is 0 Å². The second kappa shape index (κ2) is 4.65. The summed E-state index contributed by atoms with van der Waals surface area (Å²) in [6.07, 6.45) is 5.46. The molecule has 0 aromatic carbocycles. The Morgan fingerprint density at radius 1 is 1.29 bits per heavy atom. The smallest absolute Gasteiger partial charge is 0.0116 e. The Balaban J connectivity index is 2.48. The molecule has 0 radical (unpaired) electrons. The van der Waals surface area contributed by atoms with Crippen LogP contribution in [-0.4, -0.2) is 12.1 Å². The molecule has 1 rings (SSSR count). The Morgan fingerprint density at radius 3 is 2.29 bits per heavy atom. The van der Waals surface area contributed by atoms with Crippen LogP contribution in [0.4, 0.5) is 0 Å². The van der Waals surface area contributed by atoms with E-state index in [1.54, 1.807) is 0 Å². The van der Waals surface area contributed by atoms with Gasteiger partial charge in [-0.05, 0) is 30.6 Å². The van der Waals surface area contributed by atoms with E-state index in [1.165, 1.54) is 25.7 Å². The lowest BCUT2D eigenvalue weighted by atomic mass is 9.84. The third-order valence-electron chi connectivity index (χ3n) is 3.73. The maximum atomic E-state index is 3.86. The third-order valence-corrected chi connectivity index (χ3v) is 3.73. The van der Waals surface area contributed by atoms with Gasteiger partial charge >= 0.3 is 0 Å². The summed E-state index contributed by atoms with van der Waals surface area (Å²) in [6, 6.07) is 1.45. The molecule has 84 valence electrons. The third kappa shape index (κ3) is 2.98. The molecule has 0 bridgehead atoms. The zero-order chi connectivity index (χ0) is 10.8. The van der Waals surface area contributed by atoms with Gasteiger partial charge in [0.2, 0.25) is 0 Å². The van der Waals surface area contributed by atoms with Crippen LogP contribution in [0.5, 0.6) is 0 Å².